The fraction of sp³-hybridized carbons (Fsp3) is 0.167. The van der Waals surface area contributed by atoms with Crippen molar-refractivity contribution in [3.8, 4) is 0 Å². The summed E-state index contributed by atoms with van der Waals surface area (Å²) in [6.45, 7) is 0. The molecule has 0 amide bonds. The summed E-state index contributed by atoms with van der Waals surface area (Å²) in [6, 6.07) is 8.40. The van der Waals surface area contributed by atoms with Crippen LogP contribution in [0.2, 0.25) is 0 Å². The Kier molecular flexibility index (Phi) is 3.51. The number of nitrogen functional groups attached to an aromatic ring is 1. The molecule has 1 heterocycles. The summed E-state index contributed by atoms with van der Waals surface area (Å²) in [7, 11) is 0. The van der Waals surface area contributed by atoms with E-state index in [1.165, 1.54) is 12.1 Å². The average Bonchev–Trinajstić information content (AvgIpc) is 2.69. The Morgan fingerprint density at radius 3 is 2.81 bits per heavy atom. The minimum absolute atomic E-state index is 0.284. The fourth-order valence-electron chi connectivity index (χ4n) is 1.42. The van der Waals surface area contributed by atoms with Crippen molar-refractivity contribution in [1.82, 2.24) is 0 Å². The topological polar surface area (TPSA) is 39.2 Å². The zero-order valence-electron chi connectivity index (χ0n) is 8.65. The first kappa shape index (κ1) is 11.1. The highest BCUT2D eigenvalue weighted by molar-refractivity contribution is 7.97. The molecule has 2 N–H and O–H groups in total. The number of benzene rings is 1. The van der Waals surface area contributed by atoms with Gasteiger partial charge in [0.05, 0.1) is 12.0 Å². The highest BCUT2D eigenvalue weighted by Crippen LogP contribution is 2.20. The van der Waals surface area contributed by atoms with Crippen LogP contribution in [0.15, 0.2) is 41.0 Å². The van der Waals surface area contributed by atoms with Gasteiger partial charge in [-0.05, 0) is 35.9 Å². The van der Waals surface area contributed by atoms with E-state index in [2.05, 4.69) is 0 Å². The van der Waals surface area contributed by atoms with Gasteiger partial charge in [-0.15, -0.1) is 11.8 Å². The predicted octanol–water partition coefficient (Wildman–Crippen LogP) is 3.43. The minimum Gasteiger partial charge on any atom is -0.468 e. The number of hydrogen-bond acceptors (Lipinski definition) is 3. The molecule has 4 heteroatoms. The van der Waals surface area contributed by atoms with E-state index in [4.69, 9.17) is 10.2 Å². The Labute approximate surface area is 97.6 Å². The highest BCUT2D eigenvalue weighted by atomic mass is 32.2. The van der Waals surface area contributed by atoms with E-state index in [1.54, 1.807) is 24.1 Å². The summed E-state index contributed by atoms with van der Waals surface area (Å²) in [5.41, 5.74) is 6.92. The van der Waals surface area contributed by atoms with Crippen molar-refractivity contribution in [2.24, 2.45) is 0 Å². The largest absolute Gasteiger partial charge is 0.468 e. The van der Waals surface area contributed by atoms with Crippen LogP contribution >= 0.6 is 11.8 Å². The van der Waals surface area contributed by atoms with Gasteiger partial charge >= 0.3 is 0 Å². The zero-order valence-corrected chi connectivity index (χ0v) is 9.47. The van der Waals surface area contributed by atoms with E-state index in [0.717, 1.165) is 22.8 Å². The van der Waals surface area contributed by atoms with Gasteiger partial charge in [0.15, 0.2) is 0 Å². The van der Waals surface area contributed by atoms with Crippen LogP contribution in [0.4, 0.5) is 10.1 Å². The molecule has 0 aliphatic heterocycles. The number of nitrogens with two attached hydrogens (primary N) is 1. The summed E-state index contributed by atoms with van der Waals surface area (Å²) in [6.07, 6.45) is 1.65. The molecule has 1 aromatic heterocycles. The lowest BCUT2D eigenvalue weighted by Crippen LogP contribution is -1.90. The Balaban J connectivity index is 1.89. The second kappa shape index (κ2) is 5.07. The number of hydrogen-bond donors (Lipinski definition) is 1. The molecule has 2 aromatic rings. The second-order valence-corrected chi connectivity index (χ2v) is 4.45. The second-order valence-electron chi connectivity index (χ2n) is 3.46. The summed E-state index contributed by atoms with van der Waals surface area (Å²) in [5, 5.41) is 0. The molecule has 0 aliphatic rings. The summed E-state index contributed by atoms with van der Waals surface area (Å²) in [4.78, 5) is 0. The summed E-state index contributed by atoms with van der Waals surface area (Å²) in [5.74, 6) is 2.15. The first-order valence-corrected chi connectivity index (χ1v) is 6.04. The molecule has 16 heavy (non-hydrogen) atoms. The molecule has 2 rings (SSSR count). The monoisotopic (exact) mass is 237 g/mol. The van der Waals surface area contributed by atoms with Crippen molar-refractivity contribution in [3.63, 3.8) is 0 Å². The molecule has 0 atom stereocenters. The Morgan fingerprint density at radius 2 is 2.12 bits per heavy atom. The van der Waals surface area contributed by atoms with Crippen molar-refractivity contribution in [2.45, 2.75) is 11.5 Å². The van der Waals surface area contributed by atoms with E-state index in [-0.39, 0.29) is 5.82 Å². The van der Waals surface area contributed by atoms with Crippen LogP contribution in [0, 0.1) is 5.82 Å². The van der Waals surface area contributed by atoms with E-state index < -0.39 is 0 Å². The molecule has 0 fully saturated rings. The predicted molar refractivity (Wildman–Crippen MR) is 64.5 cm³/mol. The molecule has 2 nitrogen and oxygen atoms in total. The van der Waals surface area contributed by atoms with Gasteiger partial charge in [0, 0.05) is 11.4 Å². The van der Waals surface area contributed by atoms with Crippen molar-refractivity contribution < 1.29 is 8.81 Å². The van der Waals surface area contributed by atoms with Gasteiger partial charge in [-0.3, -0.25) is 0 Å². The number of halogens is 1. The summed E-state index contributed by atoms with van der Waals surface area (Å²) < 4.78 is 18.2. The number of furan rings is 1. The van der Waals surface area contributed by atoms with Crippen LogP contribution in [0.25, 0.3) is 0 Å². The van der Waals surface area contributed by atoms with Crippen LogP contribution in [-0.2, 0) is 11.5 Å². The Morgan fingerprint density at radius 1 is 1.25 bits per heavy atom. The third-order valence-corrected chi connectivity index (χ3v) is 3.10. The van der Waals surface area contributed by atoms with E-state index in [0.29, 0.717) is 5.69 Å². The number of anilines is 1. The SMILES string of the molecule is Nc1cc(F)cc(CSCc2ccco2)c1. The third kappa shape index (κ3) is 3.03. The van der Waals surface area contributed by atoms with E-state index in [1.807, 2.05) is 12.1 Å². The average molecular weight is 237 g/mol. The minimum atomic E-state index is -0.284. The fourth-order valence-corrected chi connectivity index (χ4v) is 2.29. The van der Waals surface area contributed by atoms with E-state index >= 15 is 0 Å². The zero-order chi connectivity index (χ0) is 11.4. The standard InChI is InChI=1S/C12H12FNOS/c13-10-4-9(5-11(14)6-10)7-16-8-12-2-1-3-15-12/h1-6H,7-8,14H2. The lowest BCUT2D eigenvalue weighted by atomic mass is 10.2. The normalized spacial score (nSPS) is 10.6. The molecule has 0 unspecified atom stereocenters. The van der Waals surface area contributed by atoms with Gasteiger partial charge in [-0.25, -0.2) is 4.39 Å². The van der Waals surface area contributed by atoms with Gasteiger partial charge in [-0.1, -0.05) is 0 Å². The third-order valence-electron chi connectivity index (χ3n) is 2.07. The van der Waals surface area contributed by atoms with Crippen LogP contribution in [-0.4, -0.2) is 0 Å². The molecule has 1 aromatic carbocycles. The molecule has 0 saturated carbocycles. The lowest BCUT2D eigenvalue weighted by Gasteiger charge is -2.02. The van der Waals surface area contributed by atoms with Crippen molar-refractivity contribution in [1.29, 1.82) is 0 Å². The lowest BCUT2D eigenvalue weighted by molar-refractivity contribution is 0.530. The van der Waals surface area contributed by atoms with Crippen LogP contribution < -0.4 is 5.73 Å². The molecule has 84 valence electrons. The van der Waals surface area contributed by atoms with Crippen molar-refractivity contribution in [2.75, 3.05) is 5.73 Å². The van der Waals surface area contributed by atoms with E-state index in [9.17, 15) is 4.39 Å². The molecule has 0 bridgehead atoms. The van der Waals surface area contributed by atoms with Gasteiger partial charge in [0.25, 0.3) is 0 Å². The molecular weight excluding hydrogens is 225 g/mol. The first-order valence-electron chi connectivity index (χ1n) is 4.89. The maximum atomic E-state index is 13.0. The maximum Gasteiger partial charge on any atom is 0.125 e. The first-order chi connectivity index (χ1) is 7.74. The number of rotatable bonds is 4. The van der Waals surface area contributed by atoms with Gasteiger partial charge in [-0.2, -0.15) is 0 Å². The number of thioether (sulfide) groups is 1. The van der Waals surface area contributed by atoms with Gasteiger partial charge in [0.2, 0.25) is 0 Å². The molecule has 0 aliphatic carbocycles. The van der Waals surface area contributed by atoms with Gasteiger partial charge in [0.1, 0.15) is 11.6 Å². The molecule has 0 radical (unpaired) electrons. The van der Waals surface area contributed by atoms with Crippen molar-refractivity contribution >= 4 is 17.4 Å². The summed E-state index contributed by atoms with van der Waals surface area (Å²) >= 11 is 1.67. The van der Waals surface area contributed by atoms with Crippen molar-refractivity contribution in [3.05, 3.63) is 53.7 Å². The molecular formula is C12H12FNOS. The van der Waals surface area contributed by atoms with Crippen LogP contribution in [0.3, 0.4) is 0 Å². The van der Waals surface area contributed by atoms with Gasteiger partial charge < -0.3 is 10.2 Å². The highest BCUT2D eigenvalue weighted by Gasteiger charge is 2.00. The molecule has 0 spiro atoms. The smallest absolute Gasteiger partial charge is 0.125 e. The Hall–Kier alpha value is -1.42. The van der Waals surface area contributed by atoms with Crippen LogP contribution in [0.1, 0.15) is 11.3 Å². The quantitative estimate of drug-likeness (QED) is 0.828. The molecule has 0 saturated heterocycles. The Bertz CT molecular complexity index is 436. The maximum absolute atomic E-state index is 13.0. The van der Waals surface area contributed by atoms with Crippen LogP contribution in [0.5, 0.6) is 0 Å².